The lowest BCUT2D eigenvalue weighted by atomic mass is 10.2. The summed E-state index contributed by atoms with van der Waals surface area (Å²) < 4.78 is 3.15. The summed E-state index contributed by atoms with van der Waals surface area (Å²) in [4.78, 5) is 12.6. The second kappa shape index (κ2) is 5.87. The molecule has 2 aromatic heterocycles. The Morgan fingerprint density at radius 3 is 2.95 bits per heavy atom. The normalized spacial score (nSPS) is 10.8. The summed E-state index contributed by atoms with van der Waals surface area (Å²) in [5, 5.41) is 9.18. The zero-order chi connectivity index (χ0) is 15.7. The topological polar surface area (TPSA) is 52.2 Å². The summed E-state index contributed by atoms with van der Waals surface area (Å²) in [6.07, 6.45) is 8.67. The molecule has 0 unspecified atom stereocenters. The number of nitrogens with zero attached hydrogens (tertiary/aromatic N) is 4. The molecule has 22 heavy (non-hydrogen) atoms. The molecule has 0 fully saturated rings. The van der Waals surface area contributed by atoms with Crippen molar-refractivity contribution in [1.29, 1.82) is 0 Å². The molecule has 2 heterocycles. The van der Waals surface area contributed by atoms with Crippen LogP contribution in [-0.4, -0.2) is 24.9 Å². The Labute approximate surface area is 135 Å². The highest BCUT2D eigenvalue weighted by Crippen LogP contribution is 2.21. The predicted octanol–water partition coefficient (Wildman–Crippen LogP) is 2.57. The van der Waals surface area contributed by atoms with E-state index in [0.717, 1.165) is 11.3 Å². The van der Waals surface area contributed by atoms with Gasteiger partial charge in [0.2, 0.25) is 5.65 Å². The number of fused-ring (bicyclic) bond motifs is 1. The van der Waals surface area contributed by atoms with Gasteiger partial charge in [-0.1, -0.05) is 35.3 Å². The number of rotatable bonds is 3. The van der Waals surface area contributed by atoms with Crippen molar-refractivity contribution in [1.82, 2.24) is 19.2 Å². The van der Waals surface area contributed by atoms with E-state index in [1.807, 2.05) is 13.0 Å². The van der Waals surface area contributed by atoms with Crippen molar-refractivity contribution < 1.29 is 0 Å². The van der Waals surface area contributed by atoms with Gasteiger partial charge in [0.1, 0.15) is 0 Å². The van der Waals surface area contributed by atoms with E-state index < -0.39 is 0 Å². The van der Waals surface area contributed by atoms with Crippen LogP contribution in [0.1, 0.15) is 5.56 Å². The van der Waals surface area contributed by atoms with Gasteiger partial charge in [0, 0.05) is 17.4 Å². The molecule has 3 aromatic rings. The largest absolute Gasteiger partial charge is 0.300 e. The Hall–Kier alpha value is -2.23. The van der Waals surface area contributed by atoms with Crippen LogP contribution >= 0.6 is 23.4 Å². The van der Waals surface area contributed by atoms with Crippen LogP contribution < -0.4 is 5.56 Å². The number of halogens is 1. The summed E-state index contributed by atoms with van der Waals surface area (Å²) in [6.45, 7) is 1.87. The smallest absolute Gasteiger partial charge is 0.279 e. The SMILES string of the molecule is C#CCSc1nnc2c(=O)n(-c3cccc(Cl)c3C)ccn12. The number of hydrogen-bond donors (Lipinski definition) is 0. The van der Waals surface area contributed by atoms with E-state index in [1.165, 1.54) is 16.3 Å². The minimum atomic E-state index is -0.257. The molecule has 0 aliphatic carbocycles. The van der Waals surface area contributed by atoms with Crippen molar-refractivity contribution in [2.45, 2.75) is 12.1 Å². The van der Waals surface area contributed by atoms with Gasteiger partial charge in [0.05, 0.1) is 11.4 Å². The van der Waals surface area contributed by atoms with Crippen LogP contribution in [0.5, 0.6) is 0 Å². The highest BCUT2D eigenvalue weighted by molar-refractivity contribution is 7.99. The van der Waals surface area contributed by atoms with E-state index in [2.05, 4.69) is 16.1 Å². The van der Waals surface area contributed by atoms with E-state index in [0.29, 0.717) is 15.9 Å². The number of thioether (sulfide) groups is 1. The predicted molar refractivity (Wildman–Crippen MR) is 87.9 cm³/mol. The third kappa shape index (κ3) is 2.39. The number of aromatic nitrogens is 4. The van der Waals surface area contributed by atoms with Crippen molar-refractivity contribution in [3.63, 3.8) is 0 Å². The van der Waals surface area contributed by atoms with Crippen molar-refractivity contribution in [3.05, 3.63) is 51.5 Å². The molecule has 7 heteroatoms. The summed E-state index contributed by atoms with van der Waals surface area (Å²) in [6, 6.07) is 5.43. The molecular weight excluding hydrogens is 320 g/mol. The second-order valence-electron chi connectivity index (χ2n) is 4.53. The van der Waals surface area contributed by atoms with Gasteiger partial charge in [-0.15, -0.1) is 16.6 Å². The van der Waals surface area contributed by atoms with E-state index >= 15 is 0 Å². The number of benzene rings is 1. The molecule has 0 saturated carbocycles. The Kier molecular flexibility index (Phi) is 3.92. The molecule has 0 aliphatic heterocycles. The fraction of sp³-hybridized carbons (Fsp3) is 0.133. The van der Waals surface area contributed by atoms with E-state index in [4.69, 9.17) is 18.0 Å². The molecule has 110 valence electrons. The molecule has 0 bridgehead atoms. The highest BCUT2D eigenvalue weighted by atomic mass is 35.5. The maximum atomic E-state index is 12.6. The Morgan fingerprint density at radius 1 is 1.36 bits per heavy atom. The molecule has 3 rings (SSSR count). The zero-order valence-electron chi connectivity index (χ0n) is 11.7. The molecule has 0 aliphatic rings. The van der Waals surface area contributed by atoms with Crippen LogP contribution in [0.15, 0.2) is 40.5 Å². The van der Waals surface area contributed by atoms with Crippen LogP contribution in [0, 0.1) is 19.3 Å². The first-order valence-corrected chi connectivity index (χ1v) is 7.78. The number of hydrogen-bond acceptors (Lipinski definition) is 4. The molecule has 0 atom stereocenters. The third-order valence-electron chi connectivity index (χ3n) is 3.22. The van der Waals surface area contributed by atoms with Crippen LogP contribution in [-0.2, 0) is 0 Å². The molecular formula is C15H11ClN4OS. The standard InChI is InChI=1S/C15H11ClN4OS/c1-3-9-22-15-18-17-13-14(21)19(7-8-20(13)15)12-6-4-5-11(16)10(12)2/h1,4-8H,9H2,2H3. The van der Waals surface area contributed by atoms with Crippen molar-refractivity contribution in [3.8, 4) is 18.0 Å². The molecule has 0 saturated heterocycles. The fourth-order valence-electron chi connectivity index (χ4n) is 2.12. The average molecular weight is 331 g/mol. The molecule has 1 aromatic carbocycles. The van der Waals surface area contributed by atoms with Crippen LogP contribution in [0.3, 0.4) is 0 Å². The van der Waals surface area contributed by atoms with Crippen LogP contribution in [0.4, 0.5) is 0 Å². The lowest BCUT2D eigenvalue weighted by molar-refractivity contribution is 0.892. The number of terminal acetylenes is 1. The summed E-state index contributed by atoms with van der Waals surface area (Å²) in [7, 11) is 0. The van der Waals surface area contributed by atoms with Gasteiger partial charge < -0.3 is 0 Å². The first-order chi connectivity index (χ1) is 10.6. The van der Waals surface area contributed by atoms with Gasteiger partial charge >= 0.3 is 5.56 Å². The first-order valence-electron chi connectivity index (χ1n) is 6.41. The maximum absolute atomic E-state index is 12.6. The van der Waals surface area contributed by atoms with Gasteiger partial charge in [0.15, 0.2) is 5.16 Å². The quantitative estimate of drug-likeness (QED) is 0.547. The molecule has 0 spiro atoms. The van der Waals surface area contributed by atoms with E-state index in [-0.39, 0.29) is 11.2 Å². The molecule has 0 amide bonds. The third-order valence-corrected chi connectivity index (χ3v) is 4.48. The molecule has 5 nitrogen and oxygen atoms in total. The Balaban J connectivity index is 2.18. The van der Waals surface area contributed by atoms with E-state index in [9.17, 15) is 4.79 Å². The lowest BCUT2D eigenvalue weighted by Crippen LogP contribution is -2.21. The fourth-order valence-corrected chi connectivity index (χ4v) is 2.88. The Morgan fingerprint density at radius 2 is 2.18 bits per heavy atom. The first kappa shape index (κ1) is 14.7. The highest BCUT2D eigenvalue weighted by Gasteiger charge is 2.13. The second-order valence-corrected chi connectivity index (χ2v) is 5.88. The monoisotopic (exact) mass is 330 g/mol. The minimum absolute atomic E-state index is 0.251. The minimum Gasteiger partial charge on any atom is -0.279 e. The average Bonchev–Trinajstić information content (AvgIpc) is 2.93. The summed E-state index contributed by atoms with van der Waals surface area (Å²) in [5.41, 5.74) is 1.55. The van der Waals surface area contributed by atoms with Crippen LogP contribution in [0.2, 0.25) is 5.02 Å². The van der Waals surface area contributed by atoms with Gasteiger partial charge in [-0.05, 0) is 24.6 Å². The van der Waals surface area contributed by atoms with Crippen molar-refractivity contribution in [2.24, 2.45) is 0 Å². The van der Waals surface area contributed by atoms with Gasteiger partial charge in [0.25, 0.3) is 0 Å². The maximum Gasteiger partial charge on any atom is 0.300 e. The van der Waals surface area contributed by atoms with Gasteiger partial charge in [-0.3, -0.25) is 13.8 Å². The lowest BCUT2D eigenvalue weighted by Gasteiger charge is -2.10. The van der Waals surface area contributed by atoms with Crippen molar-refractivity contribution >= 4 is 29.0 Å². The van der Waals surface area contributed by atoms with Crippen LogP contribution in [0.25, 0.3) is 11.3 Å². The van der Waals surface area contributed by atoms with Gasteiger partial charge in [-0.2, -0.15) is 0 Å². The van der Waals surface area contributed by atoms with E-state index in [1.54, 1.807) is 28.9 Å². The summed E-state index contributed by atoms with van der Waals surface area (Å²) in [5.74, 6) is 2.99. The van der Waals surface area contributed by atoms with Crippen molar-refractivity contribution in [2.75, 3.05) is 5.75 Å². The Bertz CT molecular complexity index is 954. The zero-order valence-corrected chi connectivity index (χ0v) is 13.2. The van der Waals surface area contributed by atoms with Gasteiger partial charge in [-0.25, -0.2) is 0 Å². The summed E-state index contributed by atoms with van der Waals surface area (Å²) >= 11 is 7.48. The molecule has 0 radical (unpaired) electrons. The molecule has 0 N–H and O–H groups in total.